The van der Waals surface area contributed by atoms with Crippen LogP contribution in [0.15, 0.2) is 23.2 Å². The van der Waals surface area contributed by atoms with Crippen LogP contribution in [0.5, 0.6) is 11.5 Å². The zero-order valence-corrected chi connectivity index (χ0v) is 16.8. The summed E-state index contributed by atoms with van der Waals surface area (Å²) in [6, 6.07) is 5.66. The molecule has 0 radical (unpaired) electrons. The molecular weight excluding hydrogens is 360 g/mol. The van der Waals surface area contributed by atoms with Gasteiger partial charge in [-0.25, -0.2) is 4.99 Å². The van der Waals surface area contributed by atoms with E-state index in [0.717, 1.165) is 44.0 Å². The molecule has 0 aliphatic carbocycles. The topological polar surface area (TPSA) is 109 Å². The molecule has 0 aromatic heterocycles. The SMILES string of the molecule is CCNC(=NCc1ccc(OCCO)c(OC)c1)N1CCCC(CC(N)=O)C1. The van der Waals surface area contributed by atoms with Gasteiger partial charge in [-0.3, -0.25) is 4.79 Å². The molecule has 0 spiro atoms. The molecule has 2 rings (SSSR count). The van der Waals surface area contributed by atoms with Gasteiger partial charge < -0.3 is 30.5 Å². The maximum atomic E-state index is 11.3. The third kappa shape index (κ3) is 6.60. The number of hydrogen-bond donors (Lipinski definition) is 3. The van der Waals surface area contributed by atoms with Crippen LogP contribution in [0.3, 0.4) is 0 Å². The highest BCUT2D eigenvalue weighted by atomic mass is 16.5. The summed E-state index contributed by atoms with van der Waals surface area (Å²) in [5, 5.41) is 12.3. The van der Waals surface area contributed by atoms with Crippen molar-refractivity contribution in [1.82, 2.24) is 10.2 Å². The normalized spacial score (nSPS) is 17.3. The van der Waals surface area contributed by atoms with Gasteiger partial charge in [0.15, 0.2) is 17.5 Å². The minimum absolute atomic E-state index is 0.0478. The Morgan fingerprint density at radius 3 is 2.93 bits per heavy atom. The number of nitrogens with zero attached hydrogens (tertiary/aromatic N) is 2. The summed E-state index contributed by atoms with van der Waals surface area (Å²) in [5.74, 6) is 2.09. The van der Waals surface area contributed by atoms with Crippen molar-refractivity contribution < 1.29 is 19.4 Å². The van der Waals surface area contributed by atoms with Crippen molar-refractivity contribution in [3.8, 4) is 11.5 Å². The first-order valence-electron chi connectivity index (χ1n) is 9.79. The molecule has 1 amide bonds. The number of aliphatic hydroxyl groups excluding tert-OH is 1. The Labute approximate surface area is 166 Å². The Morgan fingerprint density at radius 2 is 2.25 bits per heavy atom. The van der Waals surface area contributed by atoms with Crippen LogP contribution in [0.1, 0.15) is 31.7 Å². The number of carbonyl (C=O) groups is 1. The lowest BCUT2D eigenvalue weighted by Gasteiger charge is -2.34. The van der Waals surface area contributed by atoms with Crippen LogP contribution in [0, 0.1) is 5.92 Å². The van der Waals surface area contributed by atoms with Gasteiger partial charge >= 0.3 is 0 Å². The fourth-order valence-corrected chi connectivity index (χ4v) is 3.39. The number of hydrogen-bond acceptors (Lipinski definition) is 5. The Morgan fingerprint density at radius 1 is 1.43 bits per heavy atom. The largest absolute Gasteiger partial charge is 0.493 e. The van der Waals surface area contributed by atoms with Crippen molar-refractivity contribution in [1.29, 1.82) is 0 Å². The van der Waals surface area contributed by atoms with E-state index in [1.165, 1.54) is 0 Å². The van der Waals surface area contributed by atoms with E-state index >= 15 is 0 Å². The van der Waals surface area contributed by atoms with Crippen LogP contribution in [-0.2, 0) is 11.3 Å². The number of ether oxygens (including phenoxy) is 2. The number of aliphatic imine (C=N–C) groups is 1. The van der Waals surface area contributed by atoms with Crippen molar-refractivity contribution in [2.24, 2.45) is 16.6 Å². The molecule has 0 bridgehead atoms. The van der Waals surface area contributed by atoms with Gasteiger partial charge in [-0.15, -0.1) is 0 Å². The molecule has 1 aromatic rings. The Hall–Kier alpha value is -2.48. The summed E-state index contributed by atoms with van der Waals surface area (Å²) < 4.78 is 10.8. The predicted molar refractivity (Wildman–Crippen MR) is 108 cm³/mol. The number of nitrogens with two attached hydrogens (primary N) is 1. The number of nitrogens with one attached hydrogen (secondary N) is 1. The number of rotatable bonds is 9. The first-order valence-corrected chi connectivity index (χ1v) is 9.79. The quantitative estimate of drug-likeness (QED) is 0.429. The molecular formula is C20H32N4O4. The van der Waals surface area contributed by atoms with E-state index < -0.39 is 0 Å². The molecule has 1 aliphatic rings. The van der Waals surface area contributed by atoms with E-state index in [2.05, 4.69) is 10.2 Å². The molecule has 4 N–H and O–H groups in total. The van der Waals surface area contributed by atoms with Gasteiger partial charge in [0, 0.05) is 26.1 Å². The van der Waals surface area contributed by atoms with Crippen LogP contribution in [-0.4, -0.2) is 61.8 Å². The van der Waals surface area contributed by atoms with E-state index in [1.54, 1.807) is 7.11 Å². The minimum atomic E-state index is -0.246. The fraction of sp³-hybridized carbons (Fsp3) is 0.600. The Kier molecular flexibility index (Phi) is 8.87. The number of carbonyl (C=O) groups excluding carboxylic acids is 1. The molecule has 8 nitrogen and oxygen atoms in total. The minimum Gasteiger partial charge on any atom is -0.493 e. The number of primary amides is 1. The lowest BCUT2D eigenvalue weighted by Crippen LogP contribution is -2.47. The standard InChI is InChI=1S/C20H32N4O4/c1-3-22-20(24-8-4-5-16(14-24)12-19(21)26)23-13-15-6-7-17(28-10-9-25)18(11-15)27-2/h6-7,11,16,25H,3-5,8-10,12-14H2,1-2H3,(H2,21,26)(H,22,23). The van der Waals surface area contributed by atoms with E-state index in [9.17, 15) is 4.79 Å². The summed E-state index contributed by atoms with van der Waals surface area (Å²) >= 11 is 0. The number of aliphatic hydroxyl groups is 1. The summed E-state index contributed by atoms with van der Waals surface area (Å²) in [4.78, 5) is 18.2. The molecule has 1 fully saturated rings. The van der Waals surface area contributed by atoms with E-state index in [-0.39, 0.29) is 25.0 Å². The van der Waals surface area contributed by atoms with Crippen LogP contribution in [0.4, 0.5) is 0 Å². The van der Waals surface area contributed by atoms with Crippen LogP contribution < -0.4 is 20.5 Å². The highest BCUT2D eigenvalue weighted by Gasteiger charge is 2.23. The first-order chi connectivity index (χ1) is 13.6. The monoisotopic (exact) mass is 392 g/mol. The molecule has 0 saturated carbocycles. The van der Waals surface area contributed by atoms with Gasteiger partial charge in [0.05, 0.1) is 20.3 Å². The maximum Gasteiger partial charge on any atom is 0.217 e. The number of likely N-dealkylation sites (tertiary alicyclic amines) is 1. The zero-order chi connectivity index (χ0) is 20.4. The van der Waals surface area contributed by atoms with Crippen molar-refractivity contribution >= 4 is 11.9 Å². The van der Waals surface area contributed by atoms with Gasteiger partial charge in [-0.2, -0.15) is 0 Å². The highest BCUT2D eigenvalue weighted by molar-refractivity contribution is 5.80. The average Bonchev–Trinajstić information content (AvgIpc) is 2.69. The zero-order valence-electron chi connectivity index (χ0n) is 16.8. The number of guanidine groups is 1. The third-order valence-electron chi connectivity index (χ3n) is 4.63. The number of methoxy groups -OCH3 is 1. The molecule has 1 heterocycles. The molecule has 8 heteroatoms. The lowest BCUT2D eigenvalue weighted by atomic mass is 9.95. The predicted octanol–water partition coefficient (Wildman–Crippen LogP) is 1.12. The van der Waals surface area contributed by atoms with Gasteiger partial charge in [-0.05, 0) is 43.4 Å². The molecule has 156 valence electrons. The number of piperidine rings is 1. The van der Waals surface area contributed by atoms with Crippen molar-refractivity contribution in [2.75, 3.05) is 40.0 Å². The molecule has 1 unspecified atom stereocenters. The smallest absolute Gasteiger partial charge is 0.217 e. The van der Waals surface area contributed by atoms with Crippen LogP contribution in [0.25, 0.3) is 0 Å². The number of amides is 1. The average molecular weight is 393 g/mol. The van der Waals surface area contributed by atoms with Crippen LogP contribution >= 0.6 is 0 Å². The molecule has 1 aromatic carbocycles. The van der Waals surface area contributed by atoms with Gasteiger partial charge in [0.2, 0.25) is 5.91 Å². The Bertz CT molecular complexity index is 666. The van der Waals surface area contributed by atoms with Crippen molar-refractivity contribution in [3.05, 3.63) is 23.8 Å². The van der Waals surface area contributed by atoms with Gasteiger partial charge in [-0.1, -0.05) is 6.07 Å². The summed E-state index contributed by atoms with van der Waals surface area (Å²) in [5.41, 5.74) is 6.36. The van der Waals surface area contributed by atoms with Crippen molar-refractivity contribution in [3.63, 3.8) is 0 Å². The van der Waals surface area contributed by atoms with E-state index in [4.69, 9.17) is 25.3 Å². The van der Waals surface area contributed by atoms with E-state index in [1.807, 2.05) is 25.1 Å². The fourth-order valence-electron chi connectivity index (χ4n) is 3.39. The van der Waals surface area contributed by atoms with Crippen LogP contribution in [0.2, 0.25) is 0 Å². The molecule has 1 aliphatic heterocycles. The third-order valence-corrected chi connectivity index (χ3v) is 4.63. The van der Waals surface area contributed by atoms with E-state index in [0.29, 0.717) is 24.5 Å². The van der Waals surface area contributed by atoms with Gasteiger partial charge in [0.1, 0.15) is 6.61 Å². The first kappa shape index (κ1) is 21.8. The maximum absolute atomic E-state index is 11.3. The second-order valence-corrected chi connectivity index (χ2v) is 6.85. The summed E-state index contributed by atoms with van der Waals surface area (Å²) in [6.07, 6.45) is 2.46. The Balaban J connectivity index is 2.08. The highest BCUT2D eigenvalue weighted by Crippen LogP contribution is 2.28. The second kappa shape index (κ2) is 11.4. The second-order valence-electron chi connectivity index (χ2n) is 6.85. The summed E-state index contributed by atoms with van der Waals surface area (Å²) in [6.45, 7) is 5.18. The molecule has 28 heavy (non-hydrogen) atoms. The number of benzene rings is 1. The summed E-state index contributed by atoms with van der Waals surface area (Å²) in [7, 11) is 1.59. The molecule has 1 saturated heterocycles. The molecule has 1 atom stereocenters. The lowest BCUT2D eigenvalue weighted by molar-refractivity contribution is -0.119. The van der Waals surface area contributed by atoms with Crippen molar-refractivity contribution in [2.45, 2.75) is 32.7 Å². The van der Waals surface area contributed by atoms with Gasteiger partial charge in [0.25, 0.3) is 0 Å².